The molecule has 2 N–H and O–H groups in total. The molecule has 0 amide bonds. The van der Waals surface area contributed by atoms with Gasteiger partial charge >= 0.3 is 0 Å². The van der Waals surface area contributed by atoms with Crippen LogP contribution in [0.2, 0.25) is 0 Å². The quantitative estimate of drug-likeness (QED) is 0.791. The third kappa shape index (κ3) is 3.23. The minimum absolute atomic E-state index is 0.00416. The monoisotopic (exact) mass is 311 g/mol. The van der Waals surface area contributed by atoms with Crippen LogP contribution in [0.15, 0.2) is 22.6 Å². The average Bonchev–Trinajstić information content (AvgIpc) is 2.78. The van der Waals surface area contributed by atoms with Crippen molar-refractivity contribution in [3.05, 3.63) is 24.1 Å². The molecule has 0 aliphatic heterocycles. The van der Waals surface area contributed by atoms with Gasteiger partial charge in [0.05, 0.1) is 6.61 Å². The fourth-order valence-corrected chi connectivity index (χ4v) is 2.13. The Balaban J connectivity index is 2.38. The second kappa shape index (κ2) is 6.15. The van der Waals surface area contributed by atoms with Crippen LogP contribution in [0.5, 0.6) is 5.75 Å². The fourth-order valence-electron chi connectivity index (χ4n) is 1.78. The largest absolute Gasteiger partial charge is 0.502 e. The molecule has 1 heterocycles. The smallest absolute Gasteiger partial charge is 0.207 e. The molecule has 0 aliphatic carbocycles. The molecule has 1 aromatic carbocycles. The standard InChI is InChI=1S/C13H13NO4S2/c1-2-17-7-3-4-9-10(5-7)18-12(14-9)8(13(16)20)6-11(15)19/h3-5,8H,2,6H2,1H3,(H,15,19)(H,16,20). The molecular formula is C13H13NO4S2. The minimum atomic E-state index is -0.731. The molecule has 1 unspecified atom stereocenters. The molecule has 2 rings (SSSR count). The molecule has 7 heteroatoms. The van der Waals surface area contributed by atoms with Gasteiger partial charge in [0.1, 0.15) is 17.2 Å². The van der Waals surface area contributed by atoms with E-state index in [0.29, 0.717) is 23.5 Å². The van der Waals surface area contributed by atoms with Crippen molar-refractivity contribution in [3.63, 3.8) is 0 Å². The highest BCUT2D eigenvalue weighted by Gasteiger charge is 2.24. The highest BCUT2D eigenvalue weighted by atomic mass is 32.1. The highest BCUT2D eigenvalue weighted by Crippen LogP contribution is 2.27. The Morgan fingerprint density at radius 3 is 2.75 bits per heavy atom. The number of hydrogen-bond acceptors (Lipinski definition) is 5. The summed E-state index contributed by atoms with van der Waals surface area (Å²) in [7, 11) is 0. The molecule has 1 atom stereocenters. The molecule has 106 valence electrons. The molecule has 0 bridgehead atoms. The van der Waals surface area contributed by atoms with E-state index in [9.17, 15) is 10.2 Å². The van der Waals surface area contributed by atoms with Crippen molar-refractivity contribution < 1.29 is 19.4 Å². The number of thiocarbonyl (C=S) groups is 2. The summed E-state index contributed by atoms with van der Waals surface area (Å²) in [4.78, 5) is 4.25. The van der Waals surface area contributed by atoms with Gasteiger partial charge < -0.3 is 19.4 Å². The van der Waals surface area contributed by atoms with Gasteiger partial charge in [-0.1, -0.05) is 0 Å². The Morgan fingerprint density at radius 2 is 2.15 bits per heavy atom. The van der Waals surface area contributed by atoms with Gasteiger partial charge in [-0.05, 0) is 43.5 Å². The van der Waals surface area contributed by atoms with E-state index in [1.165, 1.54) is 0 Å². The number of hydrogen-bond donors (Lipinski definition) is 2. The topological polar surface area (TPSA) is 75.7 Å². The predicted molar refractivity (Wildman–Crippen MR) is 83.0 cm³/mol. The first-order chi connectivity index (χ1) is 9.51. The molecule has 0 saturated heterocycles. The number of rotatable bonds is 6. The lowest BCUT2D eigenvalue weighted by Crippen LogP contribution is -2.13. The summed E-state index contributed by atoms with van der Waals surface area (Å²) >= 11 is 9.37. The summed E-state index contributed by atoms with van der Waals surface area (Å²) in [5.41, 5.74) is 1.14. The summed E-state index contributed by atoms with van der Waals surface area (Å²) < 4.78 is 10.9. The Labute approximate surface area is 126 Å². The van der Waals surface area contributed by atoms with Crippen molar-refractivity contribution in [3.8, 4) is 5.75 Å². The molecule has 1 aromatic heterocycles. The molecule has 20 heavy (non-hydrogen) atoms. The summed E-state index contributed by atoms with van der Waals surface area (Å²) in [6, 6.07) is 5.24. The predicted octanol–water partition coefficient (Wildman–Crippen LogP) is 3.47. The second-order valence-corrected chi connectivity index (χ2v) is 4.99. The Hall–Kier alpha value is -1.73. The van der Waals surface area contributed by atoms with Crippen molar-refractivity contribution in [2.45, 2.75) is 19.3 Å². The van der Waals surface area contributed by atoms with Crippen LogP contribution in [0.3, 0.4) is 0 Å². The maximum atomic E-state index is 9.51. The minimum Gasteiger partial charge on any atom is -0.502 e. The molecule has 0 fully saturated rings. The first-order valence-corrected chi connectivity index (χ1v) is 6.80. The zero-order valence-electron chi connectivity index (χ0n) is 10.7. The van der Waals surface area contributed by atoms with Crippen LogP contribution >= 0.6 is 24.4 Å². The summed E-state index contributed by atoms with van der Waals surface area (Å²) in [5.74, 6) is 0.159. The number of fused-ring (bicyclic) bond motifs is 1. The van der Waals surface area contributed by atoms with Crippen LogP contribution in [-0.4, -0.2) is 31.9 Å². The van der Waals surface area contributed by atoms with E-state index in [1.54, 1.807) is 18.2 Å². The zero-order chi connectivity index (χ0) is 14.7. The van der Waals surface area contributed by atoms with Crippen LogP contribution in [0.4, 0.5) is 0 Å². The SMILES string of the molecule is CCOc1ccc2nc(C(CC(O)=S)C(O)=S)oc2c1. The van der Waals surface area contributed by atoms with Gasteiger partial charge in [0.25, 0.3) is 0 Å². The van der Waals surface area contributed by atoms with Gasteiger partial charge in [-0.15, -0.1) is 0 Å². The average molecular weight is 311 g/mol. The number of ether oxygens (including phenoxy) is 1. The molecule has 0 aliphatic rings. The lowest BCUT2D eigenvalue weighted by Gasteiger charge is -2.07. The number of aliphatic hydroxyl groups is 2. The van der Waals surface area contributed by atoms with Crippen LogP contribution in [0.25, 0.3) is 11.1 Å². The van der Waals surface area contributed by atoms with Gasteiger partial charge in [-0.2, -0.15) is 0 Å². The number of aliphatic hydroxyl groups excluding tert-OH is 2. The van der Waals surface area contributed by atoms with E-state index in [0.717, 1.165) is 0 Å². The van der Waals surface area contributed by atoms with Crippen molar-refractivity contribution in [2.75, 3.05) is 6.61 Å². The van der Waals surface area contributed by atoms with Crippen molar-refractivity contribution in [1.29, 1.82) is 0 Å². The van der Waals surface area contributed by atoms with Gasteiger partial charge in [0, 0.05) is 12.5 Å². The first-order valence-electron chi connectivity index (χ1n) is 5.99. The fraction of sp³-hybridized carbons (Fsp3) is 0.308. The van der Waals surface area contributed by atoms with Crippen LogP contribution in [-0.2, 0) is 0 Å². The van der Waals surface area contributed by atoms with Crippen molar-refractivity contribution >= 4 is 45.6 Å². The van der Waals surface area contributed by atoms with E-state index in [4.69, 9.17) is 21.4 Å². The van der Waals surface area contributed by atoms with Crippen LogP contribution in [0, 0.1) is 0 Å². The number of nitrogens with zero attached hydrogens (tertiary/aromatic N) is 1. The van der Waals surface area contributed by atoms with Crippen LogP contribution in [0.1, 0.15) is 25.2 Å². The number of benzene rings is 1. The maximum Gasteiger partial charge on any atom is 0.207 e. The zero-order valence-corrected chi connectivity index (χ0v) is 12.3. The van der Waals surface area contributed by atoms with Gasteiger partial charge in [-0.25, -0.2) is 4.98 Å². The summed E-state index contributed by atoms with van der Waals surface area (Å²) in [6.07, 6.45) is -0.00416. The normalized spacial score (nSPS) is 12.2. The van der Waals surface area contributed by atoms with E-state index < -0.39 is 5.92 Å². The lowest BCUT2D eigenvalue weighted by molar-refractivity contribution is 0.340. The van der Waals surface area contributed by atoms with Crippen molar-refractivity contribution in [1.82, 2.24) is 4.98 Å². The summed E-state index contributed by atoms with van der Waals surface area (Å²) in [5, 5.41) is 18.1. The van der Waals surface area contributed by atoms with E-state index in [-0.39, 0.29) is 22.4 Å². The van der Waals surface area contributed by atoms with Crippen LogP contribution < -0.4 is 4.74 Å². The molecular weight excluding hydrogens is 298 g/mol. The highest BCUT2D eigenvalue weighted by molar-refractivity contribution is 7.80. The molecule has 0 radical (unpaired) electrons. The molecule has 0 saturated carbocycles. The third-order valence-electron chi connectivity index (χ3n) is 2.66. The second-order valence-electron chi connectivity index (χ2n) is 4.10. The summed E-state index contributed by atoms with van der Waals surface area (Å²) in [6.45, 7) is 2.44. The molecule has 5 nitrogen and oxygen atoms in total. The van der Waals surface area contributed by atoms with E-state index >= 15 is 0 Å². The lowest BCUT2D eigenvalue weighted by atomic mass is 10.1. The van der Waals surface area contributed by atoms with Gasteiger partial charge in [0.2, 0.25) is 5.89 Å². The Kier molecular flexibility index (Phi) is 4.51. The van der Waals surface area contributed by atoms with Crippen molar-refractivity contribution in [2.24, 2.45) is 0 Å². The van der Waals surface area contributed by atoms with E-state index in [1.807, 2.05) is 6.92 Å². The number of oxazole rings is 1. The van der Waals surface area contributed by atoms with Gasteiger partial charge in [0.15, 0.2) is 15.7 Å². The number of aromatic nitrogens is 1. The maximum absolute atomic E-state index is 9.51. The van der Waals surface area contributed by atoms with Gasteiger partial charge in [-0.3, -0.25) is 0 Å². The third-order valence-corrected chi connectivity index (χ3v) is 3.11. The first kappa shape index (κ1) is 14.7. The van der Waals surface area contributed by atoms with E-state index in [2.05, 4.69) is 17.2 Å². The Morgan fingerprint density at radius 1 is 1.40 bits per heavy atom. The Bertz CT molecular complexity index is 653. The molecule has 2 aromatic rings. The molecule has 0 spiro atoms.